The molecule has 2 N–H and O–H groups in total. The van der Waals surface area contributed by atoms with E-state index in [-0.39, 0.29) is 0 Å². The van der Waals surface area contributed by atoms with Gasteiger partial charge in [-0.2, -0.15) is 5.10 Å². The van der Waals surface area contributed by atoms with Gasteiger partial charge in [0.05, 0.1) is 0 Å². The summed E-state index contributed by atoms with van der Waals surface area (Å²) in [5, 5.41) is 6.24. The average molecular weight is 247 g/mol. The maximum absolute atomic E-state index is 11.6. The van der Waals surface area contributed by atoms with E-state index in [4.69, 9.17) is 0 Å². The van der Waals surface area contributed by atoms with E-state index >= 15 is 0 Å². The van der Waals surface area contributed by atoms with Crippen LogP contribution in [-0.4, -0.2) is 17.5 Å². The van der Waals surface area contributed by atoms with Crippen LogP contribution in [0.1, 0.15) is 25.0 Å². The van der Waals surface area contributed by atoms with E-state index in [0.29, 0.717) is 11.4 Å². The predicted molar refractivity (Wildman–Crippen MR) is 71.5 cm³/mol. The summed E-state index contributed by atoms with van der Waals surface area (Å²) in [5.74, 6) is -1.51. The van der Waals surface area contributed by atoms with Gasteiger partial charge in [0.1, 0.15) is 0 Å². The molecule has 0 heterocycles. The third-order valence-electron chi connectivity index (χ3n) is 2.23. The molecule has 1 rings (SSSR count). The van der Waals surface area contributed by atoms with Gasteiger partial charge in [0.15, 0.2) is 0 Å². The van der Waals surface area contributed by atoms with Crippen LogP contribution in [0, 0.1) is 13.8 Å². The molecule has 0 aliphatic heterocycles. The van der Waals surface area contributed by atoms with Crippen molar-refractivity contribution in [2.24, 2.45) is 5.10 Å². The number of nitrogens with one attached hydrogen (secondary N) is 2. The van der Waals surface area contributed by atoms with Crippen LogP contribution in [0.5, 0.6) is 0 Å². The lowest BCUT2D eigenvalue weighted by Crippen LogP contribution is -2.32. The molecule has 0 unspecified atom stereocenters. The minimum atomic E-state index is -0.780. The number of hydrogen-bond acceptors (Lipinski definition) is 3. The van der Waals surface area contributed by atoms with Crippen molar-refractivity contribution in [3.8, 4) is 0 Å². The fraction of sp³-hybridized carbons (Fsp3) is 0.308. The second-order valence-electron chi connectivity index (χ2n) is 4.27. The summed E-state index contributed by atoms with van der Waals surface area (Å²) in [4.78, 5) is 23.0. The van der Waals surface area contributed by atoms with Gasteiger partial charge in [0, 0.05) is 11.4 Å². The quantitative estimate of drug-likeness (QED) is 0.475. The third kappa shape index (κ3) is 4.01. The number of rotatable bonds is 2. The van der Waals surface area contributed by atoms with E-state index in [1.165, 1.54) is 0 Å². The van der Waals surface area contributed by atoms with Crippen LogP contribution < -0.4 is 10.7 Å². The fourth-order valence-corrected chi connectivity index (χ4v) is 1.26. The first-order valence-corrected chi connectivity index (χ1v) is 5.59. The highest BCUT2D eigenvalue weighted by Gasteiger charge is 2.13. The lowest BCUT2D eigenvalue weighted by molar-refractivity contribution is -0.136. The Morgan fingerprint density at radius 3 is 2.39 bits per heavy atom. The predicted octanol–water partition coefficient (Wildman–Crippen LogP) is 1.75. The zero-order valence-electron chi connectivity index (χ0n) is 11.0. The van der Waals surface area contributed by atoms with Crippen LogP contribution in [0.2, 0.25) is 0 Å². The van der Waals surface area contributed by atoms with Crippen molar-refractivity contribution >= 4 is 23.2 Å². The maximum atomic E-state index is 11.6. The lowest BCUT2D eigenvalue weighted by atomic mass is 10.1. The molecule has 0 radical (unpaired) electrons. The Labute approximate surface area is 106 Å². The number of carbonyl (C=O) groups excluding carboxylic acids is 2. The molecular formula is C13H17N3O2. The van der Waals surface area contributed by atoms with Gasteiger partial charge in [-0.1, -0.05) is 12.1 Å². The first-order chi connectivity index (χ1) is 8.40. The molecule has 2 amide bonds. The van der Waals surface area contributed by atoms with Gasteiger partial charge in [0.25, 0.3) is 0 Å². The highest BCUT2D eigenvalue weighted by atomic mass is 16.2. The van der Waals surface area contributed by atoms with E-state index < -0.39 is 11.8 Å². The molecule has 0 fully saturated rings. The molecule has 0 aromatic heterocycles. The zero-order chi connectivity index (χ0) is 13.7. The molecular weight excluding hydrogens is 230 g/mol. The third-order valence-corrected chi connectivity index (χ3v) is 2.23. The van der Waals surface area contributed by atoms with Gasteiger partial charge in [-0.3, -0.25) is 9.59 Å². The Morgan fingerprint density at radius 2 is 1.78 bits per heavy atom. The van der Waals surface area contributed by atoms with Crippen LogP contribution in [0.15, 0.2) is 23.3 Å². The van der Waals surface area contributed by atoms with E-state index in [9.17, 15) is 9.59 Å². The van der Waals surface area contributed by atoms with E-state index in [0.717, 1.165) is 11.1 Å². The Morgan fingerprint density at radius 1 is 1.11 bits per heavy atom. The Bertz CT molecular complexity index is 503. The normalized spacial score (nSPS) is 9.56. The molecule has 0 bridgehead atoms. The van der Waals surface area contributed by atoms with Crippen molar-refractivity contribution in [3.63, 3.8) is 0 Å². The number of hydrogen-bond donors (Lipinski definition) is 2. The molecule has 0 saturated carbocycles. The topological polar surface area (TPSA) is 70.6 Å². The summed E-state index contributed by atoms with van der Waals surface area (Å²) in [6.45, 7) is 7.23. The Hall–Kier alpha value is -2.17. The standard InChI is InChI=1S/C13H17N3O2/c1-8(2)15-16-13(18)12(17)14-11-7-9(3)5-6-10(11)4/h5-7H,1-4H3,(H,14,17)(H,16,18). The molecule has 96 valence electrons. The summed E-state index contributed by atoms with van der Waals surface area (Å²) in [7, 11) is 0. The molecule has 5 nitrogen and oxygen atoms in total. The maximum Gasteiger partial charge on any atom is 0.329 e. The SMILES string of the molecule is CC(C)=NNC(=O)C(=O)Nc1cc(C)ccc1C. The van der Waals surface area contributed by atoms with Crippen molar-refractivity contribution in [2.75, 3.05) is 5.32 Å². The molecule has 18 heavy (non-hydrogen) atoms. The summed E-state index contributed by atoms with van der Waals surface area (Å²) in [6, 6.07) is 5.64. The van der Waals surface area contributed by atoms with Crippen molar-refractivity contribution in [2.45, 2.75) is 27.7 Å². The number of anilines is 1. The highest BCUT2D eigenvalue weighted by Crippen LogP contribution is 2.15. The fourth-order valence-electron chi connectivity index (χ4n) is 1.26. The van der Waals surface area contributed by atoms with Crippen LogP contribution in [0.4, 0.5) is 5.69 Å². The smallest absolute Gasteiger partial charge is 0.317 e. The van der Waals surface area contributed by atoms with Gasteiger partial charge >= 0.3 is 11.8 Å². The number of nitrogens with zero attached hydrogens (tertiary/aromatic N) is 1. The second kappa shape index (κ2) is 5.95. The van der Waals surface area contributed by atoms with Crippen LogP contribution in [0.3, 0.4) is 0 Å². The van der Waals surface area contributed by atoms with Gasteiger partial charge in [-0.05, 0) is 44.9 Å². The van der Waals surface area contributed by atoms with Gasteiger partial charge in [0.2, 0.25) is 0 Å². The molecule has 5 heteroatoms. The molecule has 0 spiro atoms. The van der Waals surface area contributed by atoms with Crippen molar-refractivity contribution in [1.29, 1.82) is 0 Å². The Kier molecular flexibility index (Phi) is 4.59. The largest absolute Gasteiger partial charge is 0.329 e. The first-order valence-electron chi connectivity index (χ1n) is 5.59. The monoisotopic (exact) mass is 247 g/mol. The minimum absolute atomic E-state index is 0.632. The van der Waals surface area contributed by atoms with E-state index in [1.807, 2.05) is 32.0 Å². The summed E-state index contributed by atoms with van der Waals surface area (Å²) < 4.78 is 0. The molecule has 0 saturated heterocycles. The van der Waals surface area contributed by atoms with Crippen molar-refractivity contribution < 1.29 is 9.59 Å². The molecule has 0 aliphatic rings. The molecule has 1 aromatic rings. The molecule has 1 aromatic carbocycles. The van der Waals surface area contributed by atoms with Crippen LogP contribution in [-0.2, 0) is 9.59 Å². The van der Waals surface area contributed by atoms with Crippen molar-refractivity contribution in [1.82, 2.24) is 5.43 Å². The van der Waals surface area contributed by atoms with Gasteiger partial charge in [-0.25, -0.2) is 5.43 Å². The van der Waals surface area contributed by atoms with Gasteiger partial charge < -0.3 is 5.32 Å². The average Bonchev–Trinajstić information content (AvgIpc) is 2.30. The minimum Gasteiger partial charge on any atom is -0.317 e. The Balaban J connectivity index is 2.72. The summed E-state index contributed by atoms with van der Waals surface area (Å²) >= 11 is 0. The summed E-state index contributed by atoms with van der Waals surface area (Å²) in [6.07, 6.45) is 0. The lowest BCUT2D eigenvalue weighted by Gasteiger charge is -2.08. The van der Waals surface area contributed by atoms with Crippen LogP contribution in [0.25, 0.3) is 0 Å². The first kappa shape index (κ1) is 13.9. The molecule has 0 atom stereocenters. The highest BCUT2D eigenvalue weighted by molar-refractivity contribution is 6.39. The number of hydrazone groups is 1. The second-order valence-corrected chi connectivity index (χ2v) is 4.27. The van der Waals surface area contributed by atoms with Gasteiger partial charge in [-0.15, -0.1) is 0 Å². The zero-order valence-corrected chi connectivity index (χ0v) is 11.0. The number of amides is 2. The van der Waals surface area contributed by atoms with E-state index in [1.54, 1.807) is 13.8 Å². The molecule has 0 aliphatic carbocycles. The number of carbonyl (C=O) groups is 2. The van der Waals surface area contributed by atoms with Crippen LogP contribution >= 0.6 is 0 Å². The number of benzene rings is 1. The van der Waals surface area contributed by atoms with E-state index in [2.05, 4.69) is 15.8 Å². The van der Waals surface area contributed by atoms with Crippen molar-refractivity contribution in [3.05, 3.63) is 29.3 Å². The summed E-state index contributed by atoms with van der Waals surface area (Å²) in [5.41, 5.74) is 5.39. The number of aryl methyl sites for hydroxylation is 2.